The van der Waals surface area contributed by atoms with Crippen molar-refractivity contribution >= 4 is 46.1 Å². The molecule has 63 heavy (non-hydrogen) atoms. The number of halogens is 1. The zero-order valence-electron chi connectivity index (χ0n) is 36.5. The Morgan fingerprint density at radius 1 is 0.921 bits per heavy atom. The van der Waals surface area contributed by atoms with Crippen LogP contribution in [0.5, 0.6) is 11.5 Å². The van der Waals surface area contributed by atoms with Gasteiger partial charge in [0.05, 0.1) is 34.9 Å². The first kappa shape index (κ1) is 42.6. The van der Waals surface area contributed by atoms with Crippen molar-refractivity contribution in [2.45, 2.75) is 102 Å². The number of carbonyl (C=O) groups excluding carboxylic acids is 2. The number of anilines is 1. The zero-order chi connectivity index (χ0) is 44.0. The molecule has 3 saturated heterocycles. The van der Waals surface area contributed by atoms with Crippen molar-refractivity contribution in [3.63, 3.8) is 0 Å². The molecule has 9 rings (SSSR count). The second kappa shape index (κ2) is 17.1. The molecule has 1 spiro atoms. The Hall–Kier alpha value is -5.71. The molecule has 4 aliphatic rings. The van der Waals surface area contributed by atoms with Gasteiger partial charge in [-0.2, -0.15) is 0 Å². The van der Waals surface area contributed by atoms with Crippen molar-refractivity contribution in [2.24, 2.45) is 12.5 Å². The van der Waals surface area contributed by atoms with Gasteiger partial charge < -0.3 is 19.3 Å². The van der Waals surface area contributed by atoms with Crippen LogP contribution in [0, 0.1) is 12.0 Å². The van der Waals surface area contributed by atoms with E-state index in [2.05, 4.69) is 63.1 Å². The summed E-state index contributed by atoms with van der Waals surface area (Å²) in [6.45, 7) is 18.6. The van der Waals surface area contributed by atoms with Gasteiger partial charge in [0.1, 0.15) is 24.1 Å². The third-order valence-electron chi connectivity index (χ3n) is 14.3. The molecule has 5 aromatic rings. The molecule has 3 aliphatic heterocycles. The number of hydrogen-bond acceptors (Lipinski definition) is 9. The Labute approximate surface area is 373 Å². The van der Waals surface area contributed by atoms with E-state index in [0.29, 0.717) is 53.5 Å². The lowest BCUT2D eigenvalue weighted by atomic mass is 9.67. The number of likely N-dealkylation sites (tertiary alicyclic amines) is 1. The van der Waals surface area contributed by atoms with Crippen LogP contribution in [0.15, 0.2) is 71.7 Å². The fraction of sp³-hybridized carbons (Fsp3) is 0.469. The molecule has 1 saturated carbocycles. The summed E-state index contributed by atoms with van der Waals surface area (Å²) in [7, 11) is 1.76. The lowest BCUT2D eigenvalue weighted by Gasteiger charge is -2.54. The molecule has 0 bridgehead atoms. The number of aromatic nitrogens is 4. The first-order valence-corrected chi connectivity index (χ1v) is 22.7. The lowest BCUT2D eigenvalue weighted by molar-refractivity contribution is -0.135. The number of imidazole rings is 1. The second-order valence-electron chi connectivity index (χ2n) is 18.5. The van der Waals surface area contributed by atoms with Crippen molar-refractivity contribution in [1.82, 2.24) is 29.3 Å². The standard InChI is InChI=1S/C49H55ClN8O5/c1-6-62-44-38(50)26-34(27-39(44)51-4)48(2,3)33-8-10-37(11-9-33)63-28-35-17-22-52-46(53-35)57-29-49(30-57)20-15-36(16-21-49)56-23-18-31(19-24-56)32-7-12-40-42(25-32)55(5)47(61)58(40)41-13-14-43(59)54-45(41)60/h7-12,17,22,25-27,31,36,41H,6,13-16,18-21,23-24,28-30H2,1-3,5H3,(H,54,59,60). The Bertz CT molecular complexity index is 2640. The van der Waals surface area contributed by atoms with Crippen LogP contribution in [-0.2, 0) is 28.7 Å². The highest BCUT2D eigenvalue weighted by atomic mass is 35.5. The van der Waals surface area contributed by atoms with Crippen molar-refractivity contribution < 1.29 is 19.1 Å². The van der Waals surface area contributed by atoms with Crippen LogP contribution >= 0.6 is 11.6 Å². The van der Waals surface area contributed by atoms with E-state index in [1.54, 1.807) is 16.2 Å². The van der Waals surface area contributed by atoms with Crippen LogP contribution in [0.4, 0.5) is 11.6 Å². The molecule has 2 aromatic heterocycles. The second-order valence-corrected chi connectivity index (χ2v) is 18.9. The van der Waals surface area contributed by atoms with Crippen LogP contribution in [0.3, 0.4) is 0 Å². The maximum Gasteiger partial charge on any atom is 0.329 e. The summed E-state index contributed by atoms with van der Waals surface area (Å²) in [5.74, 6) is 1.67. The van der Waals surface area contributed by atoms with Crippen molar-refractivity contribution in [3.8, 4) is 11.5 Å². The summed E-state index contributed by atoms with van der Waals surface area (Å²) in [5, 5.41) is 2.83. The van der Waals surface area contributed by atoms with Crippen LogP contribution < -0.4 is 25.4 Å². The first-order valence-electron chi connectivity index (χ1n) is 22.3. The minimum atomic E-state index is -0.673. The van der Waals surface area contributed by atoms with Gasteiger partial charge in [-0.15, -0.1) is 0 Å². The molecule has 1 atom stereocenters. The lowest BCUT2D eigenvalue weighted by Crippen LogP contribution is -2.59. The molecule has 13 nitrogen and oxygen atoms in total. The highest BCUT2D eigenvalue weighted by Crippen LogP contribution is 2.47. The van der Waals surface area contributed by atoms with Gasteiger partial charge in [-0.3, -0.25) is 24.0 Å². The van der Waals surface area contributed by atoms with Gasteiger partial charge in [-0.25, -0.2) is 19.6 Å². The number of rotatable bonds is 11. The molecule has 14 heteroatoms. The number of carbonyl (C=O) groups is 2. The van der Waals surface area contributed by atoms with E-state index in [-0.39, 0.29) is 18.0 Å². The monoisotopic (exact) mass is 870 g/mol. The largest absolute Gasteiger partial charge is 0.503 e. The van der Waals surface area contributed by atoms with E-state index >= 15 is 0 Å². The van der Waals surface area contributed by atoms with E-state index in [1.165, 1.54) is 31.2 Å². The molecule has 3 aromatic carbocycles. The maximum absolute atomic E-state index is 13.3. The Balaban J connectivity index is 0.747. The zero-order valence-corrected chi connectivity index (χ0v) is 37.3. The SMILES string of the molecule is [C-]#[N+]c1cc(C(C)(C)c2ccc(OCc3ccnc(N4CC5(CCC(N6CCC(c7ccc8c(c7)n(C)c(=O)n8C7CCC(=O)NC7=O)CC6)CC5)C4)n3)cc2)cc(Cl)c1OCC. The minimum absolute atomic E-state index is 0.228. The Morgan fingerprint density at radius 2 is 1.67 bits per heavy atom. The molecule has 328 valence electrons. The number of fused-ring (bicyclic) bond motifs is 1. The highest BCUT2D eigenvalue weighted by Gasteiger charge is 2.47. The fourth-order valence-electron chi connectivity index (χ4n) is 10.5. The van der Waals surface area contributed by atoms with Crippen LogP contribution in [0.1, 0.15) is 106 Å². The molecule has 4 fully saturated rings. The molecule has 2 amide bonds. The number of amides is 2. The van der Waals surface area contributed by atoms with Gasteiger partial charge >= 0.3 is 5.69 Å². The third kappa shape index (κ3) is 8.19. The van der Waals surface area contributed by atoms with Crippen molar-refractivity contribution in [1.29, 1.82) is 0 Å². The van der Waals surface area contributed by atoms with Gasteiger partial charge in [0.15, 0.2) is 0 Å². The number of nitrogens with one attached hydrogen (secondary N) is 1. The summed E-state index contributed by atoms with van der Waals surface area (Å²) in [6.07, 6.45) is 9.39. The van der Waals surface area contributed by atoms with E-state index in [4.69, 9.17) is 32.6 Å². The van der Waals surface area contributed by atoms with Crippen molar-refractivity contribution in [2.75, 3.05) is 37.7 Å². The van der Waals surface area contributed by atoms with E-state index in [9.17, 15) is 14.4 Å². The predicted molar refractivity (Wildman–Crippen MR) is 243 cm³/mol. The molecule has 1 N–H and O–H groups in total. The smallest absolute Gasteiger partial charge is 0.329 e. The van der Waals surface area contributed by atoms with E-state index in [1.807, 2.05) is 49.5 Å². The molecular weight excluding hydrogens is 816 g/mol. The van der Waals surface area contributed by atoms with Crippen LogP contribution in [0.25, 0.3) is 15.9 Å². The number of benzene rings is 3. The number of aryl methyl sites for hydroxylation is 1. The predicted octanol–water partition coefficient (Wildman–Crippen LogP) is 8.24. The quantitative estimate of drug-likeness (QED) is 0.103. The number of hydrogen-bond donors (Lipinski definition) is 1. The molecule has 5 heterocycles. The number of ether oxygens (including phenoxy) is 2. The summed E-state index contributed by atoms with van der Waals surface area (Å²) >= 11 is 6.56. The van der Waals surface area contributed by atoms with E-state index in [0.717, 1.165) is 78.6 Å². The summed E-state index contributed by atoms with van der Waals surface area (Å²) in [4.78, 5) is 55.9. The molecule has 1 aliphatic carbocycles. The van der Waals surface area contributed by atoms with Crippen LogP contribution in [-0.4, -0.2) is 74.6 Å². The Kier molecular flexibility index (Phi) is 11.6. The summed E-state index contributed by atoms with van der Waals surface area (Å²) in [6, 6.07) is 19.9. The first-order chi connectivity index (χ1) is 30.4. The number of piperidine rings is 2. The molecular formula is C49H55ClN8O5. The maximum atomic E-state index is 13.3. The number of imide groups is 1. The summed E-state index contributed by atoms with van der Waals surface area (Å²) in [5.41, 5.74) is 5.76. The Morgan fingerprint density at radius 3 is 2.37 bits per heavy atom. The molecule has 1 unspecified atom stereocenters. The van der Waals surface area contributed by atoms with Crippen LogP contribution in [0.2, 0.25) is 5.02 Å². The van der Waals surface area contributed by atoms with Gasteiger partial charge in [0, 0.05) is 49.6 Å². The minimum Gasteiger partial charge on any atom is -0.503 e. The molecule has 0 radical (unpaired) electrons. The van der Waals surface area contributed by atoms with E-state index < -0.39 is 17.4 Å². The average molecular weight is 871 g/mol. The van der Waals surface area contributed by atoms with Crippen molar-refractivity contribution in [3.05, 3.63) is 116 Å². The highest BCUT2D eigenvalue weighted by molar-refractivity contribution is 6.32. The number of nitrogens with zero attached hydrogens (tertiary/aromatic N) is 7. The normalized spacial score (nSPS) is 19.8. The fourth-order valence-corrected chi connectivity index (χ4v) is 10.8. The van der Waals surface area contributed by atoms with Gasteiger partial charge in [-0.1, -0.05) is 43.6 Å². The summed E-state index contributed by atoms with van der Waals surface area (Å²) < 4.78 is 15.0. The van der Waals surface area contributed by atoms with Gasteiger partial charge in [-0.05, 0) is 130 Å². The van der Waals surface area contributed by atoms with Gasteiger partial charge in [0.2, 0.25) is 23.5 Å². The third-order valence-corrected chi connectivity index (χ3v) is 14.6. The van der Waals surface area contributed by atoms with Gasteiger partial charge in [0.25, 0.3) is 0 Å². The average Bonchev–Trinajstić information content (AvgIpc) is 3.53. The topological polar surface area (TPSA) is 128 Å².